The lowest BCUT2D eigenvalue weighted by Gasteiger charge is -2.41. The molecule has 5 rings (SSSR count). The summed E-state index contributed by atoms with van der Waals surface area (Å²) in [5.41, 5.74) is 9.33. The maximum atomic E-state index is 6.73. The van der Waals surface area contributed by atoms with Crippen molar-refractivity contribution >= 4 is 22.1 Å². The van der Waals surface area contributed by atoms with Crippen molar-refractivity contribution in [3.8, 4) is 11.3 Å². The number of hydrogen-bond acceptors (Lipinski definition) is 2. The number of rotatable bonds is 1. The van der Waals surface area contributed by atoms with Crippen molar-refractivity contribution in [3.63, 3.8) is 0 Å². The molecular weight excluding hydrogens is 356 g/mol. The molecular formula is C26H29N2O+. The molecule has 0 aliphatic heterocycles. The monoisotopic (exact) mass is 385 g/mol. The molecule has 4 aromatic rings. The topological polar surface area (TPSA) is 29.9 Å². The van der Waals surface area contributed by atoms with Crippen LogP contribution < -0.4 is 4.57 Å². The molecule has 0 amide bonds. The van der Waals surface area contributed by atoms with Crippen molar-refractivity contribution in [1.82, 2.24) is 4.98 Å². The summed E-state index contributed by atoms with van der Waals surface area (Å²) in [5.74, 6) is 0. The van der Waals surface area contributed by atoms with Crippen molar-refractivity contribution in [3.05, 3.63) is 59.4 Å². The van der Waals surface area contributed by atoms with E-state index in [1.807, 2.05) is 6.20 Å². The number of pyridine rings is 2. The first-order valence-electron chi connectivity index (χ1n) is 10.5. The summed E-state index contributed by atoms with van der Waals surface area (Å²) >= 11 is 0. The molecule has 1 aliphatic rings. The summed E-state index contributed by atoms with van der Waals surface area (Å²) in [4.78, 5) is 4.81. The molecule has 0 N–H and O–H groups in total. The number of hydrogen-bond donors (Lipinski definition) is 0. The van der Waals surface area contributed by atoms with Crippen LogP contribution in [0.4, 0.5) is 0 Å². The fourth-order valence-electron chi connectivity index (χ4n) is 5.07. The van der Waals surface area contributed by atoms with Crippen LogP contribution in [0.3, 0.4) is 0 Å². The Morgan fingerprint density at radius 2 is 1.72 bits per heavy atom. The summed E-state index contributed by atoms with van der Waals surface area (Å²) in [5, 5.41) is 1.13. The molecule has 29 heavy (non-hydrogen) atoms. The first-order chi connectivity index (χ1) is 13.7. The molecule has 148 valence electrons. The SMILES string of the molecule is Cc1cnc2c(oc3c4c(ccc32)C(C)(C)CCC4(C)C)c1-c1cccc[n+]1C. The smallest absolute Gasteiger partial charge is 0.216 e. The lowest BCUT2D eigenvalue weighted by atomic mass is 9.63. The van der Waals surface area contributed by atoms with Gasteiger partial charge in [-0.1, -0.05) is 33.8 Å². The average Bonchev–Trinajstić information content (AvgIpc) is 3.04. The van der Waals surface area contributed by atoms with Crippen molar-refractivity contribution in [2.24, 2.45) is 7.05 Å². The van der Waals surface area contributed by atoms with Crippen LogP contribution in [-0.4, -0.2) is 4.98 Å². The van der Waals surface area contributed by atoms with E-state index in [0.717, 1.165) is 45.3 Å². The molecule has 0 radical (unpaired) electrons. The molecule has 0 atom stereocenters. The highest BCUT2D eigenvalue weighted by atomic mass is 16.3. The van der Waals surface area contributed by atoms with Crippen LogP contribution in [0.5, 0.6) is 0 Å². The second-order valence-electron chi connectivity index (χ2n) is 9.93. The fraction of sp³-hybridized carbons (Fsp3) is 0.385. The second-order valence-corrected chi connectivity index (χ2v) is 9.93. The van der Waals surface area contributed by atoms with Gasteiger partial charge in [-0.25, -0.2) is 4.57 Å². The highest BCUT2D eigenvalue weighted by Crippen LogP contribution is 2.50. The Labute approximate surface area is 172 Å². The Hall–Kier alpha value is -2.68. The minimum absolute atomic E-state index is 0.0882. The summed E-state index contributed by atoms with van der Waals surface area (Å²) in [6.07, 6.45) is 6.42. The van der Waals surface area contributed by atoms with Gasteiger partial charge in [-0.2, -0.15) is 0 Å². The summed E-state index contributed by atoms with van der Waals surface area (Å²) in [7, 11) is 2.08. The molecule has 3 heteroatoms. The van der Waals surface area contributed by atoms with Gasteiger partial charge in [-0.3, -0.25) is 4.98 Å². The minimum Gasteiger partial charge on any atom is -0.453 e. The molecule has 0 bridgehead atoms. The van der Waals surface area contributed by atoms with Gasteiger partial charge in [0.25, 0.3) is 0 Å². The maximum absolute atomic E-state index is 6.73. The zero-order chi connectivity index (χ0) is 20.6. The molecule has 1 aromatic carbocycles. The molecule has 1 aliphatic carbocycles. The third-order valence-electron chi connectivity index (χ3n) is 6.93. The summed E-state index contributed by atoms with van der Waals surface area (Å²) < 4.78 is 8.88. The van der Waals surface area contributed by atoms with E-state index in [-0.39, 0.29) is 10.8 Å². The van der Waals surface area contributed by atoms with Crippen molar-refractivity contribution in [2.45, 2.75) is 58.3 Å². The van der Waals surface area contributed by atoms with Crippen molar-refractivity contribution < 1.29 is 8.98 Å². The second kappa shape index (κ2) is 5.91. The molecule has 0 unspecified atom stereocenters. The number of benzene rings is 1. The predicted octanol–water partition coefficient (Wildman–Crippen LogP) is 6.13. The molecule has 0 saturated carbocycles. The van der Waals surface area contributed by atoms with Crippen LogP contribution in [0, 0.1) is 6.92 Å². The van der Waals surface area contributed by atoms with E-state index in [4.69, 9.17) is 9.40 Å². The first kappa shape index (κ1) is 18.4. The standard InChI is InChI=1S/C26H29N2O/c1-16-15-27-22-17-10-11-18-21(26(4,5)13-12-25(18,2)3)23(17)29-24(22)20(16)19-9-7-8-14-28(19)6/h7-11,14-15H,12-13H2,1-6H3/q+1. The Morgan fingerprint density at radius 3 is 2.48 bits per heavy atom. The molecule has 0 fully saturated rings. The van der Waals surface area contributed by atoms with Gasteiger partial charge in [0.1, 0.15) is 18.1 Å². The fourth-order valence-corrected chi connectivity index (χ4v) is 5.07. The Bertz CT molecular complexity index is 1280. The lowest BCUT2D eigenvalue weighted by Crippen LogP contribution is -2.33. The largest absolute Gasteiger partial charge is 0.453 e. The van der Waals surface area contributed by atoms with Gasteiger partial charge in [0.15, 0.2) is 11.8 Å². The predicted molar refractivity (Wildman–Crippen MR) is 118 cm³/mol. The molecule has 3 heterocycles. The van der Waals surface area contributed by atoms with Gasteiger partial charge in [0.05, 0.1) is 5.56 Å². The zero-order valence-electron chi connectivity index (χ0n) is 18.3. The Balaban J connectivity index is 1.93. The number of nitrogens with zero attached hydrogens (tertiary/aromatic N) is 2. The van der Waals surface area contributed by atoms with Gasteiger partial charge in [-0.05, 0) is 53.9 Å². The number of furan rings is 1. The number of aromatic nitrogens is 2. The van der Waals surface area contributed by atoms with E-state index in [1.54, 1.807) is 0 Å². The van der Waals surface area contributed by atoms with Crippen LogP contribution in [0.15, 0.2) is 47.1 Å². The first-order valence-corrected chi connectivity index (χ1v) is 10.5. The van der Waals surface area contributed by atoms with Gasteiger partial charge < -0.3 is 4.42 Å². The van der Waals surface area contributed by atoms with Gasteiger partial charge in [0, 0.05) is 29.3 Å². The number of aryl methyl sites for hydroxylation is 2. The van der Waals surface area contributed by atoms with E-state index in [1.165, 1.54) is 17.5 Å². The maximum Gasteiger partial charge on any atom is 0.216 e. The summed E-state index contributed by atoms with van der Waals surface area (Å²) in [6, 6.07) is 10.8. The quantitative estimate of drug-likeness (QED) is 0.369. The lowest BCUT2D eigenvalue weighted by molar-refractivity contribution is -0.660. The van der Waals surface area contributed by atoms with E-state index in [9.17, 15) is 0 Å². The zero-order valence-corrected chi connectivity index (χ0v) is 18.3. The third-order valence-corrected chi connectivity index (χ3v) is 6.93. The van der Waals surface area contributed by atoms with Gasteiger partial charge >= 0.3 is 0 Å². The highest BCUT2D eigenvalue weighted by Gasteiger charge is 2.39. The van der Waals surface area contributed by atoms with E-state index < -0.39 is 0 Å². The molecule has 3 aromatic heterocycles. The van der Waals surface area contributed by atoms with Gasteiger partial charge in [-0.15, -0.1) is 0 Å². The highest BCUT2D eigenvalue weighted by molar-refractivity contribution is 6.08. The third kappa shape index (κ3) is 2.56. The normalized spacial score (nSPS) is 17.6. The van der Waals surface area contributed by atoms with Crippen LogP contribution in [0.2, 0.25) is 0 Å². The summed E-state index contributed by atoms with van der Waals surface area (Å²) in [6.45, 7) is 11.5. The van der Waals surface area contributed by atoms with E-state index in [2.05, 4.69) is 82.8 Å². The Kier molecular flexibility index (Phi) is 3.74. The molecule has 0 spiro atoms. The van der Waals surface area contributed by atoms with Gasteiger partial charge in [0.2, 0.25) is 5.69 Å². The minimum atomic E-state index is 0.0882. The van der Waals surface area contributed by atoms with E-state index >= 15 is 0 Å². The van der Waals surface area contributed by atoms with Crippen LogP contribution >= 0.6 is 0 Å². The molecule has 0 saturated heterocycles. The Morgan fingerprint density at radius 1 is 0.966 bits per heavy atom. The number of fused-ring (bicyclic) bond motifs is 5. The van der Waals surface area contributed by atoms with Crippen LogP contribution in [0.1, 0.15) is 57.2 Å². The van der Waals surface area contributed by atoms with Crippen LogP contribution in [-0.2, 0) is 17.9 Å². The van der Waals surface area contributed by atoms with Crippen molar-refractivity contribution in [1.29, 1.82) is 0 Å². The van der Waals surface area contributed by atoms with Crippen LogP contribution in [0.25, 0.3) is 33.3 Å². The van der Waals surface area contributed by atoms with E-state index in [0.29, 0.717) is 0 Å². The average molecular weight is 386 g/mol. The molecule has 3 nitrogen and oxygen atoms in total. The van der Waals surface area contributed by atoms with Crippen molar-refractivity contribution in [2.75, 3.05) is 0 Å².